The van der Waals surface area contributed by atoms with Crippen LogP contribution in [-0.2, 0) is 14.2 Å². The van der Waals surface area contributed by atoms with Crippen molar-refractivity contribution in [2.45, 2.75) is 63.9 Å². The second kappa shape index (κ2) is 5.48. The lowest BCUT2D eigenvalue weighted by atomic mass is 10.00. The average molecular weight is 407 g/mol. The quantitative estimate of drug-likeness (QED) is 0.714. The summed E-state index contributed by atoms with van der Waals surface area (Å²) in [5.41, 5.74) is 1.51. The summed E-state index contributed by atoms with van der Waals surface area (Å²) < 4.78 is 21.1. The lowest BCUT2D eigenvalue weighted by molar-refractivity contribution is -0.202. The second-order valence-corrected chi connectivity index (χ2v) is 7.75. The molecule has 25 heavy (non-hydrogen) atoms. The van der Waals surface area contributed by atoms with E-state index in [9.17, 15) is 0 Å². The highest BCUT2D eigenvalue weighted by Gasteiger charge is 2.68. The van der Waals surface area contributed by atoms with Gasteiger partial charge in [0.2, 0.25) is 0 Å². The van der Waals surface area contributed by atoms with Gasteiger partial charge < -0.3 is 9.47 Å². The molecule has 132 valence electrons. The molecule has 0 saturated carbocycles. The Morgan fingerprint density at radius 2 is 2.12 bits per heavy atom. The summed E-state index contributed by atoms with van der Waals surface area (Å²) >= 11 is 3.58. The van der Waals surface area contributed by atoms with Crippen molar-refractivity contribution in [3.05, 3.63) is 39.7 Å². The first-order chi connectivity index (χ1) is 11.8. The van der Waals surface area contributed by atoms with Crippen molar-refractivity contribution in [3.63, 3.8) is 0 Å². The van der Waals surface area contributed by atoms with Crippen LogP contribution >= 0.6 is 15.9 Å². The van der Waals surface area contributed by atoms with E-state index in [4.69, 9.17) is 20.8 Å². The van der Waals surface area contributed by atoms with Crippen LogP contribution in [0.1, 0.15) is 44.7 Å². The molecule has 0 N–H and O–H groups in total. The zero-order chi connectivity index (χ0) is 18.0. The van der Waals surface area contributed by atoms with Gasteiger partial charge in [-0.25, -0.2) is 16.1 Å². The van der Waals surface area contributed by atoms with E-state index in [1.54, 1.807) is 4.52 Å². The van der Waals surface area contributed by atoms with Crippen LogP contribution in [0.5, 0.6) is 0 Å². The number of fused-ring (bicyclic) bond motifs is 2. The zero-order valence-electron chi connectivity index (χ0n) is 14.5. The minimum Gasteiger partial charge on any atom is -0.341 e. The van der Waals surface area contributed by atoms with Crippen LogP contribution in [0.4, 0.5) is 0 Å². The molecule has 0 bridgehead atoms. The SMILES string of the molecule is [C-]#[N+][C@]1(CC)O[C@@H](c2cc(Br)c3c(C)ncnn23)[C@@H]2OC(C)(C)O[C@@H]21. The normalized spacial score (nSPS) is 33.5. The van der Waals surface area contributed by atoms with Crippen LogP contribution in [0.2, 0.25) is 0 Å². The first-order valence-corrected chi connectivity index (χ1v) is 9.02. The predicted molar refractivity (Wildman–Crippen MR) is 92.7 cm³/mol. The highest BCUT2D eigenvalue weighted by Crippen LogP contribution is 2.52. The van der Waals surface area contributed by atoms with Crippen LogP contribution in [0.3, 0.4) is 0 Å². The molecule has 0 spiro atoms. The lowest BCUT2D eigenvalue weighted by Crippen LogP contribution is -2.39. The van der Waals surface area contributed by atoms with E-state index in [-0.39, 0.29) is 6.10 Å². The Bertz CT molecular complexity index is 890. The van der Waals surface area contributed by atoms with Crippen molar-refractivity contribution in [2.24, 2.45) is 0 Å². The van der Waals surface area contributed by atoms with Crippen molar-refractivity contribution in [2.75, 3.05) is 0 Å². The topological polar surface area (TPSA) is 62.2 Å². The van der Waals surface area contributed by atoms with Crippen LogP contribution in [0.15, 0.2) is 16.9 Å². The summed E-state index contributed by atoms with van der Waals surface area (Å²) in [4.78, 5) is 8.05. The molecule has 2 saturated heterocycles. The molecule has 0 amide bonds. The minimum atomic E-state index is -1.05. The summed E-state index contributed by atoms with van der Waals surface area (Å²) in [6, 6.07) is 1.96. The fourth-order valence-corrected chi connectivity index (χ4v) is 4.45. The molecule has 2 aromatic rings. The first kappa shape index (κ1) is 16.9. The van der Waals surface area contributed by atoms with Gasteiger partial charge in [0.15, 0.2) is 11.9 Å². The summed E-state index contributed by atoms with van der Waals surface area (Å²) in [6.07, 6.45) is 0.773. The zero-order valence-corrected chi connectivity index (χ0v) is 16.1. The predicted octanol–water partition coefficient (Wildman–Crippen LogP) is 3.42. The summed E-state index contributed by atoms with van der Waals surface area (Å²) in [6.45, 7) is 15.3. The van der Waals surface area contributed by atoms with Crippen LogP contribution in [-0.4, -0.2) is 38.3 Å². The third-order valence-electron chi connectivity index (χ3n) is 4.91. The Hall–Kier alpha value is -1.53. The Morgan fingerprint density at radius 1 is 1.36 bits per heavy atom. The van der Waals surface area contributed by atoms with Gasteiger partial charge in [-0.2, -0.15) is 5.10 Å². The van der Waals surface area contributed by atoms with Crippen LogP contribution in [0.25, 0.3) is 10.4 Å². The van der Waals surface area contributed by atoms with Crippen molar-refractivity contribution in [1.29, 1.82) is 0 Å². The van der Waals surface area contributed by atoms with Gasteiger partial charge in [0, 0.05) is 4.47 Å². The van der Waals surface area contributed by atoms with Gasteiger partial charge in [-0.15, -0.1) is 0 Å². The fraction of sp³-hybridized carbons (Fsp3) is 0.588. The number of rotatable bonds is 2. The van der Waals surface area contributed by atoms with Gasteiger partial charge in [0.05, 0.1) is 17.8 Å². The van der Waals surface area contributed by atoms with Crippen LogP contribution < -0.4 is 0 Å². The molecule has 4 rings (SSSR count). The summed E-state index contributed by atoms with van der Waals surface area (Å²) in [5.74, 6) is -0.752. The number of hydrogen-bond donors (Lipinski definition) is 0. The third-order valence-corrected chi connectivity index (χ3v) is 5.51. The molecule has 4 atom stereocenters. The number of hydrogen-bond acceptors (Lipinski definition) is 5. The Labute approximate surface area is 154 Å². The molecule has 2 aromatic heterocycles. The van der Waals surface area contributed by atoms with E-state index in [0.717, 1.165) is 21.4 Å². The van der Waals surface area contributed by atoms with E-state index >= 15 is 0 Å². The second-order valence-electron chi connectivity index (χ2n) is 6.89. The molecule has 0 aromatic carbocycles. The molecule has 0 aliphatic carbocycles. The van der Waals surface area contributed by atoms with Gasteiger partial charge >= 0.3 is 5.72 Å². The number of halogens is 1. The van der Waals surface area contributed by atoms with E-state index in [1.165, 1.54) is 6.33 Å². The molecular weight excluding hydrogens is 388 g/mol. The molecule has 2 aliphatic heterocycles. The van der Waals surface area contributed by atoms with E-state index in [0.29, 0.717) is 6.42 Å². The minimum absolute atomic E-state index is 0.371. The molecule has 0 radical (unpaired) electrons. The molecule has 4 heterocycles. The highest BCUT2D eigenvalue weighted by atomic mass is 79.9. The largest absolute Gasteiger partial charge is 0.366 e. The average Bonchev–Trinajstić information content (AvgIpc) is 3.16. The first-order valence-electron chi connectivity index (χ1n) is 8.22. The molecule has 0 unspecified atom stereocenters. The van der Waals surface area contributed by atoms with Gasteiger partial charge in [-0.1, -0.05) is 6.92 Å². The number of ether oxygens (including phenoxy) is 3. The van der Waals surface area contributed by atoms with Crippen molar-refractivity contribution >= 4 is 21.4 Å². The Morgan fingerprint density at radius 3 is 2.80 bits per heavy atom. The van der Waals surface area contributed by atoms with Crippen LogP contribution in [0, 0.1) is 13.5 Å². The molecule has 8 heteroatoms. The number of aromatic nitrogens is 3. The van der Waals surface area contributed by atoms with Crippen molar-refractivity contribution in [1.82, 2.24) is 14.6 Å². The monoisotopic (exact) mass is 406 g/mol. The molecular formula is C17H19BrN4O3. The number of aryl methyl sites for hydroxylation is 1. The van der Waals surface area contributed by atoms with E-state index < -0.39 is 23.7 Å². The Kier molecular flexibility index (Phi) is 3.71. The van der Waals surface area contributed by atoms with Gasteiger partial charge in [0.25, 0.3) is 0 Å². The van der Waals surface area contributed by atoms with Gasteiger partial charge in [0.1, 0.15) is 24.1 Å². The van der Waals surface area contributed by atoms with Gasteiger partial charge in [-0.3, -0.25) is 9.58 Å². The molecule has 7 nitrogen and oxygen atoms in total. The van der Waals surface area contributed by atoms with Gasteiger partial charge in [-0.05, 0) is 42.8 Å². The maximum Gasteiger partial charge on any atom is 0.366 e. The lowest BCUT2D eigenvalue weighted by Gasteiger charge is -2.25. The maximum atomic E-state index is 7.71. The van der Waals surface area contributed by atoms with E-state index in [1.807, 2.05) is 33.8 Å². The molecule has 2 aliphatic rings. The fourth-order valence-electron chi connectivity index (χ4n) is 3.76. The molecule has 2 fully saturated rings. The van der Waals surface area contributed by atoms with Crippen molar-refractivity contribution < 1.29 is 14.2 Å². The van der Waals surface area contributed by atoms with E-state index in [2.05, 4.69) is 30.9 Å². The smallest absolute Gasteiger partial charge is 0.341 e. The highest BCUT2D eigenvalue weighted by molar-refractivity contribution is 9.10. The third kappa shape index (κ3) is 2.34. The standard InChI is InChI=1S/C17H19BrN4O3/c1-6-17(19-5)15-14(23-16(3,4)25-15)13(24-17)11-7-10(18)12-9(2)20-8-21-22(11)12/h7-8,13-15H,6H2,1-4H3/t13-,14-,15-,17+/m0/s1. The summed E-state index contributed by atoms with van der Waals surface area (Å²) in [5, 5.41) is 4.38. The summed E-state index contributed by atoms with van der Waals surface area (Å²) in [7, 11) is 0. The van der Waals surface area contributed by atoms with Crippen molar-refractivity contribution in [3.8, 4) is 0 Å². The maximum absolute atomic E-state index is 7.71. The number of nitrogens with zero attached hydrogens (tertiary/aromatic N) is 4. The Balaban J connectivity index is 1.87.